The number of ketones is 1. The van der Waals surface area contributed by atoms with E-state index in [0.29, 0.717) is 6.42 Å². The summed E-state index contributed by atoms with van der Waals surface area (Å²) in [5.74, 6) is -2.08. The van der Waals surface area contributed by atoms with Gasteiger partial charge in [0.2, 0.25) is 0 Å². The van der Waals surface area contributed by atoms with Crippen molar-refractivity contribution in [2.24, 2.45) is 5.92 Å². The molecular formula is C27H33F2NO6. The second-order valence-corrected chi connectivity index (χ2v) is 9.28. The van der Waals surface area contributed by atoms with Gasteiger partial charge in [0.05, 0.1) is 12.5 Å². The molecule has 0 spiro atoms. The number of carbonyl (C=O) groups is 3. The van der Waals surface area contributed by atoms with Crippen molar-refractivity contribution in [3.05, 3.63) is 71.8 Å². The zero-order chi connectivity index (χ0) is 26.6. The lowest BCUT2D eigenvalue weighted by atomic mass is 9.92. The van der Waals surface area contributed by atoms with E-state index in [4.69, 9.17) is 9.47 Å². The van der Waals surface area contributed by atoms with Crippen LogP contribution in [0.4, 0.5) is 13.6 Å². The van der Waals surface area contributed by atoms with E-state index in [0.717, 1.165) is 11.1 Å². The van der Waals surface area contributed by atoms with Gasteiger partial charge in [-0.25, -0.2) is 4.79 Å². The molecule has 2 aromatic carbocycles. The van der Waals surface area contributed by atoms with E-state index in [1.165, 1.54) is 0 Å². The van der Waals surface area contributed by atoms with Gasteiger partial charge in [0, 0.05) is 6.42 Å². The Labute approximate surface area is 210 Å². The van der Waals surface area contributed by atoms with Crippen molar-refractivity contribution in [3.63, 3.8) is 0 Å². The monoisotopic (exact) mass is 505 g/mol. The van der Waals surface area contributed by atoms with Crippen molar-refractivity contribution >= 4 is 17.8 Å². The van der Waals surface area contributed by atoms with Crippen LogP contribution in [0, 0.1) is 5.92 Å². The van der Waals surface area contributed by atoms with Gasteiger partial charge in [-0.3, -0.25) is 9.59 Å². The molecule has 0 aliphatic heterocycles. The maximum absolute atomic E-state index is 13.1. The van der Waals surface area contributed by atoms with Crippen LogP contribution in [0.1, 0.15) is 44.7 Å². The number of rotatable bonds is 13. The van der Waals surface area contributed by atoms with E-state index in [9.17, 15) is 23.2 Å². The maximum atomic E-state index is 13.1. The fourth-order valence-electron chi connectivity index (χ4n) is 3.35. The molecule has 0 aliphatic carbocycles. The van der Waals surface area contributed by atoms with Crippen LogP contribution in [-0.4, -0.2) is 42.7 Å². The van der Waals surface area contributed by atoms with Crippen LogP contribution in [0.15, 0.2) is 60.7 Å². The zero-order valence-electron chi connectivity index (χ0n) is 20.7. The molecule has 196 valence electrons. The summed E-state index contributed by atoms with van der Waals surface area (Å²) in [6.07, 6.45) is -0.492. The molecule has 0 saturated heterocycles. The second kappa shape index (κ2) is 14.3. The number of carbonyl (C=O) groups excluding carboxylic acids is 3. The zero-order valence-corrected chi connectivity index (χ0v) is 20.7. The van der Waals surface area contributed by atoms with E-state index in [1.807, 2.05) is 48.5 Å². The highest BCUT2D eigenvalue weighted by Gasteiger charge is 2.30. The number of aryl methyl sites for hydroxylation is 1. The number of halogens is 2. The first-order chi connectivity index (χ1) is 17.0. The summed E-state index contributed by atoms with van der Waals surface area (Å²) in [5.41, 5.74) is 0.893. The Hall–Kier alpha value is -3.33. The number of ether oxygens (including phenoxy) is 3. The first-order valence-corrected chi connectivity index (χ1v) is 11.7. The Bertz CT molecular complexity index is 963. The fraction of sp³-hybridized carbons (Fsp3) is 0.444. The van der Waals surface area contributed by atoms with Gasteiger partial charge < -0.3 is 19.5 Å². The first-order valence-electron chi connectivity index (χ1n) is 11.7. The van der Waals surface area contributed by atoms with Crippen LogP contribution >= 0.6 is 0 Å². The highest BCUT2D eigenvalue weighted by Crippen LogP contribution is 2.19. The highest BCUT2D eigenvalue weighted by atomic mass is 19.3. The molecule has 7 nitrogen and oxygen atoms in total. The number of alkyl halides is 2. The van der Waals surface area contributed by atoms with E-state index >= 15 is 0 Å². The molecule has 0 saturated carbocycles. The number of hydrogen-bond donors (Lipinski definition) is 1. The molecule has 2 atom stereocenters. The van der Waals surface area contributed by atoms with Crippen molar-refractivity contribution in [1.82, 2.24) is 5.32 Å². The van der Waals surface area contributed by atoms with Gasteiger partial charge in [-0.15, -0.1) is 0 Å². The average molecular weight is 506 g/mol. The van der Waals surface area contributed by atoms with E-state index in [1.54, 1.807) is 32.9 Å². The third-order valence-corrected chi connectivity index (χ3v) is 5.10. The van der Waals surface area contributed by atoms with Crippen molar-refractivity contribution in [1.29, 1.82) is 0 Å². The summed E-state index contributed by atoms with van der Waals surface area (Å²) >= 11 is 0. The van der Waals surface area contributed by atoms with E-state index in [-0.39, 0.29) is 19.4 Å². The maximum Gasteiger partial charge on any atom is 0.408 e. The van der Waals surface area contributed by atoms with E-state index in [2.05, 4.69) is 10.1 Å². The predicted molar refractivity (Wildman–Crippen MR) is 129 cm³/mol. The van der Waals surface area contributed by atoms with Crippen LogP contribution < -0.4 is 5.32 Å². The van der Waals surface area contributed by atoms with Gasteiger partial charge in [-0.1, -0.05) is 60.7 Å². The van der Waals surface area contributed by atoms with Crippen molar-refractivity contribution in [2.75, 3.05) is 6.61 Å². The second-order valence-electron chi connectivity index (χ2n) is 9.28. The molecular weight excluding hydrogens is 472 g/mol. The van der Waals surface area contributed by atoms with Gasteiger partial charge in [0.15, 0.2) is 5.78 Å². The number of alkyl carbamates (subject to hydrolysis) is 1. The molecule has 0 bridgehead atoms. The molecule has 9 heteroatoms. The molecule has 0 heterocycles. The minimum Gasteiger partial charge on any atom is -0.461 e. The summed E-state index contributed by atoms with van der Waals surface area (Å²) in [7, 11) is 0. The molecule has 2 aromatic rings. The Balaban J connectivity index is 2.12. The van der Waals surface area contributed by atoms with Gasteiger partial charge in [0.25, 0.3) is 0 Å². The number of nitrogens with one attached hydrogen (secondary N) is 1. The summed E-state index contributed by atoms with van der Waals surface area (Å²) in [5, 5.41) is 2.28. The molecule has 1 N–H and O–H groups in total. The standard InChI is InChI=1S/C27H33F2NO6/c1-27(2,3)36-26(33)30-22(18-35-25(28)29)23(31)16-21(15-14-19-10-6-4-7-11-19)24(32)34-17-20-12-8-5-9-13-20/h4-13,21-22,25H,14-18H2,1-3H3,(H,30,33)/t21-,22+/m1/s1. The summed E-state index contributed by atoms with van der Waals surface area (Å²) < 4.78 is 40.2. The molecule has 36 heavy (non-hydrogen) atoms. The van der Waals surface area contributed by atoms with Crippen LogP contribution in [0.2, 0.25) is 0 Å². The Kier molecular flexibility index (Phi) is 11.5. The smallest absolute Gasteiger partial charge is 0.408 e. The van der Waals surface area contributed by atoms with Crippen molar-refractivity contribution in [3.8, 4) is 0 Å². The minimum absolute atomic E-state index is 0.0315. The molecule has 2 rings (SSSR count). The predicted octanol–water partition coefficient (Wildman–Crippen LogP) is 5.07. The van der Waals surface area contributed by atoms with Crippen molar-refractivity contribution in [2.45, 2.75) is 64.9 Å². The van der Waals surface area contributed by atoms with Gasteiger partial charge in [-0.05, 0) is 44.7 Å². The lowest BCUT2D eigenvalue weighted by molar-refractivity contribution is -0.153. The first kappa shape index (κ1) is 28.9. The van der Waals surface area contributed by atoms with Crippen LogP contribution in [0.25, 0.3) is 0 Å². The molecule has 0 aromatic heterocycles. The van der Waals surface area contributed by atoms with Gasteiger partial charge in [-0.2, -0.15) is 8.78 Å². The normalized spacial score (nSPS) is 13.1. The van der Waals surface area contributed by atoms with Crippen LogP contribution in [0.3, 0.4) is 0 Å². The summed E-state index contributed by atoms with van der Waals surface area (Å²) in [6, 6.07) is 17.1. The summed E-state index contributed by atoms with van der Waals surface area (Å²) in [4.78, 5) is 38.2. The van der Waals surface area contributed by atoms with Crippen LogP contribution in [-0.2, 0) is 36.8 Å². The number of esters is 1. The molecule has 0 radical (unpaired) electrons. The third-order valence-electron chi connectivity index (χ3n) is 5.10. The minimum atomic E-state index is -3.13. The quantitative estimate of drug-likeness (QED) is 0.382. The molecule has 0 fully saturated rings. The number of benzene rings is 2. The Morgan fingerprint density at radius 2 is 1.50 bits per heavy atom. The molecule has 0 unspecified atom stereocenters. The Morgan fingerprint density at radius 1 is 0.917 bits per heavy atom. The largest absolute Gasteiger partial charge is 0.461 e. The SMILES string of the molecule is CC(C)(C)OC(=O)N[C@@H](COC(F)F)C(=O)C[C@@H](CCc1ccccc1)C(=O)OCc1ccccc1. The average Bonchev–Trinajstić information content (AvgIpc) is 2.82. The molecule has 0 aliphatic rings. The Morgan fingerprint density at radius 3 is 2.06 bits per heavy atom. The van der Waals surface area contributed by atoms with Gasteiger partial charge in [0.1, 0.15) is 18.2 Å². The number of amides is 1. The topological polar surface area (TPSA) is 90.9 Å². The van der Waals surface area contributed by atoms with Crippen LogP contribution in [0.5, 0.6) is 0 Å². The lowest BCUT2D eigenvalue weighted by Gasteiger charge is -2.24. The number of hydrogen-bond acceptors (Lipinski definition) is 6. The number of Topliss-reactive ketones (excluding diaryl/α,β-unsaturated/α-hetero) is 1. The summed E-state index contributed by atoms with van der Waals surface area (Å²) in [6.45, 7) is 1.01. The highest BCUT2D eigenvalue weighted by molar-refractivity contribution is 5.90. The van der Waals surface area contributed by atoms with E-state index < -0.39 is 48.6 Å². The van der Waals surface area contributed by atoms with Crippen molar-refractivity contribution < 1.29 is 37.4 Å². The molecule has 1 amide bonds. The lowest BCUT2D eigenvalue weighted by Crippen LogP contribution is -2.47. The third kappa shape index (κ3) is 11.4. The fourth-order valence-corrected chi connectivity index (χ4v) is 3.35. The van der Waals surface area contributed by atoms with Gasteiger partial charge >= 0.3 is 18.7 Å².